The van der Waals surface area contributed by atoms with Crippen LogP contribution in [0.2, 0.25) is 0 Å². The Morgan fingerprint density at radius 1 is 0.952 bits per heavy atom. The molecule has 0 atom stereocenters. The van der Waals surface area contributed by atoms with E-state index < -0.39 is 10.0 Å². The predicted molar refractivity (Wildman–Crippen MR) is 83.6 cm³/mol. The molecule has 0 aliphatic carbocycles. The fourth-order valence-corrected chi connectivity index (χ4v) is 3.12. The second-order valence-corrected chi connectivity index (χ2v) is 6.75. The van der Waals surface area contributed by atoms with E-state index in [1.54, 1.807) is 26.3 Å². The number of hydrogen-bond donors (Lipinski definition) is 0. The van der Waals surface area contributed by atoms with Gasteiger partial charge in [0, 0.05) is 20.7 Å². The molecule has 0 spiro atoms. The lowest BCUT2D eigenvalue weighted by Gasteiger charge is -2.16. The highest BCUT2D eigenvalue weighted by Crippen LogP contribution is 2.22. The largest absolute Gasteiger partial charge is 0.383 e. The van der Waals surface area contributed by atoms with Crippen LogP contribution in [0.3, 0.4) is 0 Å². The number of nitrogens with zero attached hydrogens (tertiary/aromatic N) is 1. The smallest absolute Gasteiger partial charge is 0.242 e. The monoisotopic (exact) mass is 305 g/mol. The normalized spacial score (nSPS) is 11.8. The third-order valence-electron chi connectivity index (χ3n) is 3.28. The van der Waals surface area contributed by atoms with E-state index in [2.05, 4.69) is 0 Å². The van der Waals surface area contributed by atoms with E-state index in [4.69, 9.17) is 4.74 Å². The molecule has 0 N–H and O–H groups in total. The zero-order valence-corrected chi connectivity index (χ0v) is 13.0. The maximum Gasteiger partial charge on any atom is 0.242 e. The van der Waals surface area contributed by atoms with E-state index in [0.717, 1.165) is 11.1 Å². The van der Waals surface area contributed by atoms with Gasteiger partial charge in [-0.25, -0.2) is 8.42 Å². The number of likely N-dealkylation sites (N-methyl/N-ethyl adjacent to an activating group) is 1. The number of methoxy groups -OCH3 is 1. The molecule has 0 fully saturated rings. The molecule has 2 rings (SSSR count). The molecule has 0 amide bonds. The summed E-state index contributed by atoms with van der Waals surface area (Å²) < 4.78 is 30.9. The molecule has 0 bridgehead atoms. The SMILES string of the molecule is COCCN(C)S(=O)(=O)c1ccc(-c2ccccc2)cc1. The van der Waals surface area contributed by atoms with Gasteiger partial charge in [0.1, 0.15) is 0 Å². The van der Waals surface area contributed by atoms with Crippen LogP contribution in [-0.2, 0) is 14.8 Å². The topological polar surface area (TPSA) is 46.6 Å². The fourth-order valence-electron chi connectivity index (χ4n) is 1.97. The summed E-state index contributed by atoms with van der Waals surface area (Å²) in [6, 6.07) is 16.8. The second kappa shape index (κ2) is 6.85. The highest BCUT2D eigenvalue weighted by molar-refractivity contribution is 7.89. The van der Waals surface area contributed by atoms with Gasteiger partial charge in [0.15, 0.2) is 0 Å². The summed E-state index contributed by atoms with van der Waals surface area (Å²) in [6.45, 7) is 0.705. The lowest BCUT2D eigenvalue weighted by molar-refractivity contribution is 0.185. The third kappa shape index (κ3) is 3.69. The summed E-state index contributed by atoms with van der Waals surface area (Å²) in [5.41, 5.74) is 2.06. The zero-order valence-electron chi connectivity index (χ0n) is 12.2. The average Bonchev–Trinajstić information content (AvgIpc) is 2.53. The van der Waals surface area contributed by atoms with E-state index in [9.17, 15) is 8.42 Å². The van der Waals surface area contributed by atoms with Gasteiger partial charge in [-0.3, -0.25) is 0 Å². The van der Waals surface area contributed by atoms with Crippen LogP contribution >= 0.6 is 0 Å². The molecule has 0 radical (unpaired) electrons. The van der Waals surface area contributed by atoms with Gasteiger partial charge < -0.3 is 4.74 Å². The van der Waals surface area contributed by atoms with Crippen molar-refractivity contribution in [3.05, 3.63) is 54.6 Å². The molecule has 0 aliphatic rings. The van der Waals surface area contributed by atoms with Crippen molar-refractivity contribution in [1.82, 2.24) is 4.31 Å². The van der Waals surface area contributed by atoms with E-state index in [0.29, 0.717) is 18.0 Å². The van der Waals surface area contributed by atoms with Crippen molar-refractivity contribution in [1.29, 1.82) is 0 Å². The first-order valence-electron chi connectivity index (χ1n) is 6.66. The molecule has 21 heavy (non-hydrogen) atoms. The van der Waals surface area contributed by atoms with Crippen LogP contribution in [0.15, 0.2) is 59.5 Å². The lowest BCUT2D eigenvalue weighted by atomic mass is 10.1. The molecule has 4 nitrogen and oxygen atoms in total. The van der Waals surface area contributed by atoms with Gasteiger partial charge in [-0.15, -0.1) is 0 Å². The van der Waals surface area contributed by atoms with Crippen LogP contribution in [0.25, 0.3) is 11.1 Å². The Kier molecular flexibility index (Phi) is 5.12. The molecule has 0 heterocycles. The summed E-state index contributed by atoms with van der Waals surface area (Å²) in [5, 5.41) is 0. The van der Waals surface area contributed by atoms with Gasteiger partial charge in [0.05, 0.1) is 11.5 Å². The Morgan fingerprint density at radius 2 is 1.52 bits per heavy atom. The maximum absolute atomic E-state index is 12.4. The van der Waals surface area contributed by atoms with Crippen LogP contribution < -0.4 is 0 Å². The van der Waals surface area contributed by atoms with Crippen LogP contribution in [0.4, 0.5) is 0 Å². The van der Waals surface area contributed by atoms with E-state index in [1.807, 2.05) is 42.5 Å². The van der Waals surface area contributed by atoms with Crippen LogP contribution in [0, 0.1) is 0 Å². The van der Waals surface area contributed by atoms with Crippen LogP contribution in [0.1, 0.15) is 0 Å². The van der Waals surface area contributed by atoms with Crippen molar-refractivity contribution >= 4 is 10.0 Å². The quantitative estimate of drug-likeness (QED) is 0.824. The highest BCUT2D eigenvalue weighted by atomic mass is 32.2. The minimum absolute atomic E-state index is 0.292. The first-order valence-corrected chi connectivity index (χ1v) is 8.10. The Morgan fingerprint density at radius 3 is 2.10 bits per heavy atom. The standard InChI is InChI=1S/C16H19NO3S/c1-17(12-13-20-2)21(18,19)16-10-8-15(9-11-16)14-6-4-3-5-7-14/h3-11H,12-13H2,1-2H3. The molecule has 0 aromatic heterocycles. The average molecular weight is 305 g/mol. The molecule has 5 heteroatoms. The summed E-state index contributed by atoms with van der Waals surface area (Å²) in [6.07, 6.45) is 0. The van der Waals surface area contributed by atoms with Crippen molar-refractivity contribution in [2.75, 3.05) is 27.3 Å². The Labute approximate surface area is 126 Å². The molecule has 0 saturated carbocycles. The van der Waals surface area contributed by atoms with Crippen molar-refractivity contribution in [3.8, 4) is 11.1 Å². The van der Waals surface area contributed by atoms with Crippen LogP contribution in [0.5, 0.6) is 0 Å². The Balaban J connectivity index is 2.22. The van der Waals surface area contributed by atoms with Crippen molar-refractivity contribution in [3.63, 3.8) is 0 Å². The number of hydrogen-bond acceptors (Lipinski definition) is 3. The number of ether oxygens (including phenoxy) is 1. The summed E-state index contributed by atoms with van der Waals surface area (Å²) in [7, 11) is -0.351. The molecule has 112 valence electrons. The molecule has 2 aromatic rings. The van der Waals surface area contributed by atoms with Gasteiger partial charge in [-0.1, -0.05) is 42.5 Å². The van der Waals surface area contributed by atoms with Crippen LogP contribution in [-0.4, -0.2) is 40.0 Å². The Hall–Kier alpha value is -1.69. The molecular weight excluding hydrogens is 286 g/mol. The minimum Gasteiger partial charge on any atom is -0.383 e. The highest BCUT2D eigenvalue weighted by Gasteiger charge is 2.20. The molecule has 2 aromatic carbocycles. The molecule has 0 saturated heterocycles. The molecule has 0 unspecified atom stereocenters. The first-order chi connectivity index (χ1) is 10.1. The second-order valence-electron chi connectivity index (χ2n) is 4.71. The Bertz CT molecular complexity index is 666. The van der Waals surface area contributed by atoms with Gasteiger partial charge in [-0.05, 0) is 23.3 Å². The number of rotatable bonds is 6. The van der Waals surface area contributed by atoms with Crippen molar-refractivity contribution < 1.29 is 13.2 Å². The number of sulfonamides is 1. The van der Waals surface area contributed by atoms with E-state index >= 15 is 0 Å². The van der Waals surface area contributed by atoms with E-state index in [1.165, 1.54) is 4.31 Å². The van der Waals surface area contributed by atoms with Gasteiger partial charge in [0.25, 0.3) is 0 Å². The first kappa shape index (κ1) is 15.7. The molecule has 0 aliphatic heterocycles. The maximum atomic E-state index is 12.4. The van der Waals surface area contributed by atoms with E-state index in [-0.39, 0.29) is 0 Å². The lowest BCUT2D eigenvalue weighted by Crippen LogP contribution is -2.30. The van der Waals surface area contributed by atoms with Crippen molar-refractivity contribution in [2.45, 2.75) is 4.90 Å². The third-order valence-corrected chi connectivity index (χ3v) is 5.15. The molecular formula is C16H19NO3S. The van der Waals surface area contributed by atoms with Gasteiger partial charge in [-0.2, -0.15) is 4.31 Å². The fraction of sp³-hybridized carbons (Fsp3) is 0.250. The van der Waals surface area contributed by atoms with Gasteiger partial charge >= 0.3 is 0 Å². The summed E-state index contributed by atoms with van der Waals surface area (Å²) in [4.78, 5) is 0.292. The number of benzene rings is 2. The van der Waals surface area contributed by atoms with Crippen molar-refractivity contribution in [2.24, 2.45) is 0 Å². The predicted octanol–water partition coefficient (Wildman–Crippen LogP) is 2.62. The zero-order chi connectivity index (χ0) is 15.3. The summed E-state index contributed by atoms with van der Waals surface area (Å²) >= 11 is 0. The minimum atomic E-state index is -3.46. The van der Waals surface area contributed by atoms with Gasteiger partial charge in [0.2, 0.25) is 10.0 Å². The summed E-state index contributed by atoms with van der Waals surface area (Å²) in [5.74, 6) is 0.